The Kier molecular flexibility index (Phi) is 2.35. The molecule has 0 bridgehead atoms. The molecule has 5 nitrogen and oxygen atoms in total. The zero-order valence-electron chi connectivity index (χ0n) is 10.5. The zero-order chi connectivity index (χ0) is 13.4. The van der Waals surface area contributed by atoms with Crippen molar-refractivity contribution in [1.82, 2.24) is 20.2 Å². The van der Waals surface area contributed by atoms with E-state index in [1.165, 1.54) is 0 Å². The van der Waals surface area contributed by atoms with Gasteiger partial charge in [-0.25, -0.2) is 9.97 Å². The second-order valence-corrected chi connectivity index (χ2v) is 4.54. The lowest BCUT2D eigenvalue weighted by Gasteiger charge is -2.08. The Bertz CT molecular complexity index is 891. The summed E-state index contributed by atoms with van der Waals surface area (Å²) in [6.45, 7) is 0. The van der Waals surface area contributed by atoms with Gasteiger partial charge in [-0.3, -0.25) is 5.10 Å². The monoisotopic (exact) mass is 261 g/mol. The van der Waals surface area contributed by atoms with Crippen molar-refractivity contribution in [3.63, 3.8) is 0 Å². The highest BCUT2D eigenvalue weighted by Crippen LogP contribution is 2.24. The van der Waals surface area contributed by atoms with Gasteiger partial charge in [0.25, 0.3) is 0 Å². The summed E-state index contributed by atoms with van der Waals surface area (Å²) in [5.41, 5.74) is 2.92. The van der Waals surface area contributed by atoms with Crippen LogP contribution in [-0.2, 0) is 0 Å². The van der Waals surface area contributed by atoms with Crippen LogP contribution in [0, 0.1) is 0 Å². The lowest BCUT2D eigenvalue weighted by atomic mass is 10.2. The molecule has 4 rings (SSSR count). The number of hydrogen-bond donors (Lipinski definition) is 2. The molecule has 96 valence electrons. The maximum Gasteiger partial charge on any atom is 0.141 e. The van der Waals surface area contributed by atoms with Crippen molar-refractivity contribution in [3.8, 4) is 0 Å². The zero-order valence-corrected chi connectivity index (χ0v) is 10.5. The van der Waals surface area contributed by atoms with Gasteiger partial charge in [0.05, 0.1) is 17.2 Å². The van der Waals surface area contributed by atoms with E-state index in [1.807, 2.05) is 42.5 Å². The van der Waals surface area contributed by atoms with Crippen molar-refractivity contribution in [3.05, 3.63) is 55.0 Å². The minimum Gasteiger partial charge on any atom is -0.340 e. The number of aromatic amines is 1. The molecule has 0 amide bonds. The summed E-state index contributed by atoms with van der Waals surface area (Å²) in [4.78, 5) is 8.58. The number of nitrogens with one attached hydrogen (secondary N) is 2. The molecule has 0 atom stereocenters. The van der Waals surface area contributed by atoms with Gasteiger partial charge in [-0.15, -0.1) is 0 Å². The first-order valence-electron chi connectivity index (χ1n) is 6.30. The number of hydrogen-bond acceptors (Lipinski definition) is 4. The fourth-order valence-corrected chi connectivity index (χ4v) is 2.26. The van der Waals surface area contributed by atoms with E-state index in [0.29, 0.717) is 0 Å². The van der Waals surface area contributed by atoms with Crippen molar-refractivity contribution in [2.75, 3.05) is 5.32 Å². The quantitative estimate of drug-likeness (QED) is 0.581. The number of rotatable bonds is 2. The van der Waals surface area contributed by atoms with Gasteiger partial charge in [0.1, 0.15) is 12.1 Å². The van der Waals surface area contributed by atoms with Crippen LogP contribution in [0.15, 0.2) is 55.0 Å². The highest BCUT2D eigenvalue weighted by molar-refractivity contribution is 5.91. The molecule has 0 radical (unpaired) electrons. The van der Waals surface area contributed by atoms with Crippen LogP contribution in [0.4, 0.5) is 11.5 Å². The minimum absolute atomic E-state index is 0.804. The second-order valence-electron chi connectivity index (χ2n) is 4.54. The number of fused-ring (bicyclic) bond motifs is 2. The Hall–Kier alpha value is -2.95. The standard InChI is InChI=1S/C15H11N5/c1-2-4-14-12(3-1)15(17-9-16-14)19-11-5-6-13-10(7-11)8-18-20-13/h1-9H,(H,18,20)(H,16,17,19). The topological polar surface area (TPSA) is 66.5 Å². The Morgan fingerprint density at radius 1 is 1.00 bits per heavy atom. The fraction of sp³-hybridized carbons (Fsp3) is 0. The molecule has 0 spiro atoms. The number of H-pyrrole nitrogens is 1. The molecule has 20 heavy (non-hydrogen) atoms. The molecule has 0 aliphatic heterocycles. The average Bonchev–Trinajstić information content (AvgIpc) is 2.95. The van der Waals surface area contributed by atoms with E-state index in [-0.39, 0.29) is 0 Å². The molecular formula is C15H11N5. The molecule has 5 heteroatoms. The molecule has 0 aliphatic rings. The third-order valence-corrected chi connectivity index (χ3v) is 3.25. The molecule has 0 saturated heterocycles. The van der Waals surface area contributed by atoms with E-state index in [0.717, 1.165) is 33.3 Å². The molecule has 0 saturated carbocycles. The molecule has 2 heterocycles. The third-order valence-electron chi connectivity index (χ3n) is 3.25. The highest BCUT2D eigenvalue weighted by atomic mass is 15.1. The van der Waals surface area contributed by atoms with Crippen LogP contribution in [0.5, 0.6) is 0 Å². The first kappa shape index (κ1) is 10.9. The van der Waals surface area contributed by atoms with E-state index in [2.05, 4.69) is 25.5 Å². The third kappa shape index (κ3) is 1.76. The summed E-state index contributed by atoms with van der Waals surface area (Å²) in [7, 11) is 0. The van der Waals surface area contributed by atoms with E-state index >= 15 is 0 Å². The highest BCUT2D eigenvalue weighted by Gasteiger charge is 2.04. The molecular weight excluding hydrogens is 250 g/mol. The first-order chi connectivity index (χ1) is 9.90. The Morgan fingerprint density at radius 2 is 1.95 bits per heavy atom. The summed E-state index contributed by atoms with van der Waals surface area (Å²) in [6, 6.07) is 14.0. The van der Waals surface area contributed by atoms with Crippen LogP contribution in [0.2, 0.25) is 0 Å². The van der Waals surface area contributed by atoms with E-state index in [4.69, 9.17) is 0 Å². The lowest BCUT2D eigenvalue weighted by molar-refractivity contribution is 1.12. The average molecular weight is 261 g/mol. The SMILES string of the molecule is c1ccc2c(Nc3ccc4[nH]ncc4c3)ncnc2c1. The Labute approximate surface area is 114 Å². The predicted octanol–water partition coefficient (Wildman–Crippen LogP) is 3.25. The second kappa shape index (κ2) is 4.31. The van der Waals surface area contributed by atoms with Gasteiger partial charge in [0, 0.05) is 16.5 Å². The van der Waals surface area contributed by atoms with Gasteiger partial charge in [-0.05, 0) is 30.3 Å². The summed E-state index contributed by atoms with van der Waals surface area (Å²) in [5, 5.41) is 12.4. The van der Waals surface area contributed by atoms with E-state index in [9.17, 15) is 0 Å². The minimum atomic E-state index is 0.804. The lowest BCUT2D eigenvalue weighted by Crippen LogP contribution is -1.95. The molecule has 0 unspecified atom stereocenters. The van der Waals surface area contributed by atoms with Gasteiger partial charge in [0.15, 0.2) is 0 Å². The fourth-order valence-electron chi connectivity index (χ4n) is 2.26. The summed E-state index contributed by atoms with van der Waals surface area (Å²) >= 11 is 0. The molecule has 0 aliphatic carbocycles. The number of para-hydroxylation sites is 1. The smallest absolute Gasteiger partial charge is 0.141 e. The number of aromatic nitrogens is 4. The van der Waals surface area contributed by atoms with Gasteiger partial charge in [-0.1, -0.05) is 12.1 Å². The molecule has 0 fully saturated rings. The van der Waals surface area contributed by atoms with Gasteiger partial charge in [-0.2, -0.15) is 5.10 Å². The normalized spacial score (nSPS) is 11.0. The van der Waals surface area contributed by atoms with Gasteiger partial charge >= 0.3 is 0 Å². The number of nitrogens with zero attached hydrogens (tertiary/aromatic N) is 3. The van der Waals surface area contributed by atoms with Crippen LogP contribution in [0.25, 0.3) is 21.8 Å². The molecule has 2 N–H and O–H groups in total. The molecule has 2 aromatic heterocycles. The maximum absolute atomic E-state index is 4.32. The number of benzene rings is 2. The van der Waals surface area contributed by atoms with Gasteiger partial charge < -0.3 is 5.32 Å². The summed E-state index contributed by atoms with van der Waals surface area (Å²) < 4.78 is 0. The first-order valence-corrected chi connectivity index (χ1v) is 6.30. The molecule has 2 aromatic carbocycles. The van der Waals surface area contributed by atoms with Crippen LogP contribution < -0.4 is 5.32 Å². The Balaban J connectivity index is 1.80. The van der Waals surface area contributed by atoms with Crippen LogP contribution in [0.1, 0.15) is 0 Å². The Morgan fingerprint density at radius 3 is 2.95 bits per heavy atom. The van der Waals surface area contributed by atoms with Crippen LogP contribution in [-0.4, -0.2) is 20.2 Å². The number of anilines is 2. The predicted molar refractivity (Wildman–Crippen MR) is 78.9 cm³/mol. The van der Waals surface area contributed by atoms with Crippen LogP contribution >= 0.6 is 0 Å². The van der Waals surface area contributed by atoms with Crippen molar-refractivity contribution >= 4 is 33.3 Å². The maximum atomic E-state index is 4.32. The van der Waals surface area contributed by atoms with Crippen molar-refractivity contribution in [1.29, 1.82) is 0 Å². The van der Waals surface area contributed by atoms with Crippen LogP contribution in [0.3, 0.4) is 0 Å². The van der Waals surface area contributed by atoms with Crippen molar-refractivity contribution in [2.24, 2.45) is 0 Å². The van der Waals surface area contributed by atoms with E-state index in [1.54, 1.807) is 12.5 Å². The summed E-state index contributed by atoms with van der Waals surface area (Å²) in [6.07, 6.45) is 3.37. The summed E-state index contributed by atoms with van der Waals surface area (Å²) in [5.74, 6) is 0.804. The largest absolute Gasteiger partial charge is 0.340 e. The van der Waals surface area contributed by atoms with Crippen molar-refractivity contribution < 1.29 is 0 Å². The molecule has 4 aromatic rings. The van der Waals surface area contributed by atoms with Crippen molar-refractivity contribution in [2.45, 2.75) is 0 Å². The van der Waals surface area contributed by atoms with E-state index < -0.39 is 0 Å². The van der Waals surface area contributed by atoms with Gasteiger partial charge in [0.2, 0.25) is 0 Å².